The first kappa shape index (κ1) is 21.9. The van der Waals surface area contributed by atoms with Crippen LogP contribution >= 0.6 is 35.0 Å². The maximum absolute atomic E-state index is 12.2. The quantitative estimate of drug-likeness (QED) is 0.444. The molecular weight excluding hydrogens is 451 g/mol. The van der Waals surface area contributed by atoms with Crippen LogP contribution in [0.25, 0.3) is 0 Å². The molecule has 1 saturated heterocycles. The molecule has 1 atom stereocenters. The van der Waals surface area contributed by atoms with Crippen molar-refractivity contribution in [1.29, 1.82) is 0 Å². The van der Waals surface area contributed by atoms with Gasteiger partial charge in [0.25, 0.3) is 0 Å². The second-order valence-electron chi connectivity index (χ2n) is 6.06. The molecule has 1 aliphatic heterocycles. The van der Waals surface area contributed by atoms with E-state index in [0.29, 0.717) is 27.0 Å². The molecule has 2 amide bonds. The maximum atomic E-state index is 12.2. The fourth-order valence-corrected chi connectivity index (χ4v) is 3.69. The lowest BCUT2D eigenvalue weighted by Crippen LogP contribution is -2.28. The van der Waals surface area contributed by atoms with Crippen LogP contribution in [-0.2, 0) is 9.59 Å². The number of phenolic OH excluding ortho intramolecular Hbond substituents is 1. The summed E-state index contributed by atoms with van der Waals surface area (Å²) in [7, 11) is 1.44. The summed E-state index contributed by atoms with van der Waals surface area (Å²) < 4.78 is 5.03. The van der Waals surface area contributed by atoms with Crippen molar-refractivity contribution in [3.63, 3.8) is 0 Å². The first-order valence-electron chi connectivity index (χ1n) is 8.56. The first-order valence-corrected chi connectivity index (χ1v) is 10.2. The molecule has 0 bridgehead atoms. The molecule has 156 valence electrons. The molecule has 1 aliphatic rings. The van der Waals surface area contributed by atoms with Crippen LogP contribution in [0.2, 0.25) is 10.0 Å². The number of carbonyl (C=O) groups is 2. The van der Waals surface area contributed by atoms with Gasteiger partial charge in [0.1, 0.15) is 5.25 Å². The number of methoxy groups -OCH3 is 1. The molecule has 0 aliphatic carbocycles. The number of thioether (sulfide) groups is 1. The maximum Gasteiger partial charge on any atom is 0.240 e. The van der Waals surface area contributed by atoms with Gasteiger partial charge >= 0.3 is 0 Å². The zero-order valence-electron chi connectivity index (χ0n) is 15.6. The summed E-state index contributed by atoms with van der Waals surface area (Å²) in [5.74, 6) is -0.351. The predicted molar refractivity (Wildman–Crippen MR) is 119 cm³/mol. The molecule has 11 heteroatoms. The molecule has 0 aromatic heterocycles. The van der Waals surface area contributed by atoms with Gasteiger partial charge in [-0.15, -0.1) is 5.10 Å². The Morgan fingerprint density at radius 3 is 2.83 bits per heavy atom. The Hall–Kier alpha value is -2.75. The van der Waals surface area contributed by atoms with E-state index in [0.717, 1.165) is 11.8 Å². The summed E-state index contributed by atoms with van der Waals surface area (Å²) in [6.07, 6.45) is 1.40. The van der Waals surface area contributed by atoms with Gasteiger partial charge in [0.2, 0.25) is 11.8 Å². The van der Waals surface area contributed by atoms with Gasteiger partial charge in [-0.3, -0.25) is 9.59 Å². The number of aromatic hydroxyl groups is 1. The first-order chi connectivity index (χ1) is 14.4. The van der Waals surface area contributed by atoms with Crippen LogP contribution in [0.5, 0.6) is 11.5 Å². The molecule has 0 saturated carbocycles. The number of carbonyl (C=O) groups excluding carboxylic acids is 2. The van der Waals surface area contributed by atoms with Gasteiger partial charge in [-0.25, -0.2) is 0 Å². The van der Waals surface area contributed by atoms with Gasteiger partial charge in [-0.1, -0.05) is 35.0 Å². The topological polar surface area (TPSA) is 112 Å². The molecule has 0 spiro atoms. The number of rotatable bonds is 6. The molecule has 8 nitrogen and oxygen atoms in total. The number of ether oxygens (including phenoxy) is 1. The summed E-state index contributed by atoms with van der Waals surface area (Å²) >= 11 is 12.9. The highest BCUT2D eigenvalue weighted by atomic mass is 35.5. The Morgan fingerprint density at radius 2 is 2.10 bits per heavy atom. The third kappa shape index (κ3) is 5.65. The minimum Gasteiger partial charge on any atom is -0.504 e. The van der Waals surface area contributed by atoms with Gasteiger partial charge in [0, 0.05) is 12.1 Å². The van der Waals surface area contributed by atoms with E-state index >= 15 is 0 Å². The van der Waals surface area contributed by atoms with E-state index in [2.05, 4.69) is 20.8 Å². The molecule has 3 N–H and O–H groups in total. The van der Waals surface area contributed by atoms with Crippen LogP contribution < -0.4 is 15.4 Å². The molecular formula is C19H16Cl2N4O4S. The van der Waals surface area contributed by atoms with Crippen molar-refractivity contribution >= 4 is 63.8 Å². The lowest BCUT2D eigenvalue weighted by Gasteiger charge is -2.08. The Morgan fingerprint density at radius 1 is 1.30 bits per heavy atom. The number of halogens is 2. The van der Waals surface area contributed by atoms with Crippen molar-refractivity contribution in [3.8, 4) is 11.5 Å². The molecule has 1 unspecified atom stereocenters. The molecule has 1 fully saturated rings. The van der Waals surface area contributed by atoms with Crippen LogP contribution in [0.4, 0.5) is 5.69 Å². The molecule has 30 heavy (non-hydrogen) atoms. The van der Waals surface area contributed by atoms with Crippen LogP contribution in [-0.4, -0.2) is 40.7 Å². The second kappa shape index (κ2) is 9.84. The second-order valence-corrected chi connectivity index (χ2v) is 8.06. The van der Waals surface area contributed by atoms with Crippen LogP contribution in [0.1, 0.15) is 12.0 Å². The zero-order chi connectivity index (χ0) is 21.7. The van der Waals surface area contributed by atoms with Crippen molar-refractivity contribution in [2.75, 3.05) is 12.4 Å². The minimum atomic E-state index is -0.629. The summed E-state index contributed by atoms with van der Waals surface area (Å²) in [6, 6.07) is 9.43. The summed E-state index contributed by atoms with van der Waals surface area (Å²) in [4.78, 5) is 24.3. The average Bonchev–Trinajstić information content (AvgIpc) is 3.05. The fourth-order valence-electron chi connectivity index (χ4n) is 2.46. The lowest BCUT2D eigenvalue weighted by atomic mass is 10.2. The highest BCUT2D eigenvalue weighted by Crippen LogP contribution is 2.27. The Bertz CT molecular complexity index is 1050. The molecule has 3 rings (SSSR count). The van der Waals surface area contributed by atoms with Gasteiger partial charge in [-0.2, -0.15) is 5.10 Å². The SMILES string of the molecule is COc1cc(C=N/N=C2/NC(=O)C(CC(=O)Nc3ccc(Cl)c(Cl)c3)S2)ccc1O. The van der Waals surface area contributed by atoms with Crippen LogP contribution in [0.15, 0.2) is 46.6 Å². The highest BCUT2D eigenvalue weighted by Gasteiger charge is 2.32. The van der Waals surface area contributed by atoms with Gasteiger partial charge < -0.3 is 20.5 Å². The Balaban J connectivity index is 1.57. The average molecular weight is 467 g/mol. The predicted octanol–water partition coefficient (Wildman–Crippen LogP) is 3.66. The largest absolute Gasteiger partial charge is 0.504 e. The number of hydrogen-bond donors (Lipinski definition) is 3. The number of amidine groups is 1. The number of amides is 2. The summed E-state index contributed by atoms with van der Waals surface area (Å²) in [5, 5.41) is 23.1. The third-order valence-corrected chi connectivity index (χ3v) is 5.72. The highest BCUT2D eigenvalue weighted by molar-refractivity contribution is 8.15. The minimum absolute atomic E-state index is 0.0153. The van der Waals surface area contributed by atoms with Crippen molar-refractivity contribution in [3.05, 3.63) is 52.0 Å². The van der Waals surface area contributed by atoms with Gasteiger partial charge in [-0.05, 0) is 42.0 Å². The number of hydrogen-bond acceptors (Lipinski definition) is 7. The van der Waals surface area contributed by atoms with Crippen LogP contribution in [0.3, 0.4) is 0 Å². The van der Waals surface area contributed by atoms with E-state index in [1.807, 2.05) is 0 Å². The zero-order valence-corrected chi connectivity index (χ0v) is 17.9. The molecule has 1 heterocycles. The van der Waals surface area contributed by atoms with Crippen LogP contribution in [0, 0.1) is 0 Å². The normalized spacial score (nSPS) is 17.4. The Kier molecular flexibility index (Phi) is 7.20. The van der Waals surface area contributed by atoms with Gasteiger partial charge in [0.05, 0.1) is 23.4 Å². The van der Waals surface area contributed by atoms with E-state index in [1.165, 1.54) is 25.5 Å². The summed E-state index contributed by atoms with van der Waals surface area (Å²) in [6.45, 7) is 0. The van der Waals surface area contributed by atoms with Crippen molar-refractivity contribution in [2.45, 2.75) is 11.7 Å². The Labute approximate surface area is 186 Å². The number of nitrogens with zero attached hydrogens (tertiary/aromatic N) is 2. The number of phenols is 1. The van der Waals surface area contributed by atoms with Crippen molar-refractivity contribution in [1.82, 2.24) is 5.32 Å². The van der Waals surface area contributed by atoms with Crippen molar-refractivity contribution in [2.24, 2.45) is 10.2 Å². The van der Waals surface area contributed by atoms with Crippen molar-refractivity contribution < 1.29 is 19.4 Å². The number of nitrogens with one attached hydrogen (secondary N) is 2. The van der Waals surface area contributed by atoms with E-state index < -0.39 is 5.25 Å². The smallest absolute Gasteiger partial charge is 0.240 e. The van der Waals surface area contributed by atoms with E-state index in [4.69, 9.17) is 27.9 Å². The number of benzene rings is 2. The molecule has 2 aromatic rings. The van der Waals surface area contributed by atoms with Gasteiger partial charge in [0.15, 0.2) is 16.7 Å². The monoisotopic (exact) mass is 466 g/mol. The fraction of sp³-hybridized carbons (Fsp3) is 0.158. The lowest BCUT2D eigenvalue weighted by molar-refractivity contribution is -0.122. The number of anilines is 1. The summed E-state index contributed by atoms with van der Waals surface area (Å²) in [5.41, 5.74) is 1.14. The molecule has 0 radical (unpaired) electrons. The molecule has 2 aromatic carbocycles. The van der Waals surface area contributed by atoms with E-state index in [1.54, 1.807) is 24.3 Å². The van der Waals surface area contributed by atoms with E-state index in [-0.39, 0.29) is 29.2 Å². The standard InChI is InChI=1S/C19H16Cl2N4O4S/c1-29-15-6-10(2-5-14(15)26)9-22-25-19-24-18(28)16(30-19)8-17(27)23-11-3-4-12(20)13(21)7-11/h2-7,9,16,26H,8H2,1H3,(H,23,27)(H,24,25,28). The van der Waals surface area contributed by atoms with E-state index in [9.17, 15) is 14.7 Å². The third-order valence-electron chi connectivity index (χ3n) is 3.91.